The molecular weight excluding hydrogens is 445 g/mol. The lowest BCUT2D eigenvalue weighted by molar-refractivity contribution is 0.0744. The molecule has 160 valence electrons. The van der Waals surface area contributed by atoms with Crippen molar-refractivity contribution in [2.75, 3.05) is 4.72 Å². The van der Waals surface area contributed by atoms with Gasteiger partial charge in [-0.15, -0.1) is 5.10 Å². The van der Waals surface area contributed by atoms with E-state index in [1.165, 1.54) is 48.9 Å². The number of nitrogens with one attached hydrogen (secondary N) is 1. The first-order valence-corrected chi connectivity index (χ1v) is 10.9. The van der Waals surface area contributed by atoms with Gasteiger partial charge in [-0.3, -0.25) is 4.72 Å². The van der Waals surface area contributed by atoms with Crippen molar-refractivity contribution >= 4 is 38.5 Å². The molecule has 0 fully saturated rings. The van der Waals surface area contributed by atoms with Gasteiger partial charge in [-0.1, -0.05) is 22.9 Å². The number of rotatable bonds is 5. The molecule has 2 aromatic carbocycles. The number of hydrogen-bond acceptors (Lipinski definition) is 6. The minimum absolute atomic E-state index is 0.0137. The fourth-order valence-electron chi connectivity index (χ4n) is 3.07. The third-order valence-electron chi connectivity index (χ3n) is 4.57. The molecule has 0 spiro atoms. The number of pyridine rings is 1. The molecule has 2 N–H and O–H groups in total. The molecule has 2 aromatic heterocycles. The Morgan fingerprint density at radius 1 is 1.16 bits per heavy atom. The van der Waals surface area contributed by atoms with Crippen molar-refractivity contribution in [1.29, 1.82) is 0 Å². The minimum Gasteiger partial charge on any atom is -0.386 e. The van der Waals surface area contributed by atoms with Crippen LogP contribution < -0.4 is 4.72 Å². The van der Waals surface area contributed by atoms with Crippen molar-refractivity contribution < 1.29 is 17.9 Å². The number of halogens is 2. The first-order valence-electron chi connectivity index (χ1n) is 9.08. The molecule has 4 aromatic rings. The maximum absolute atomic E-state index is 14.4. The third kappa shape index (κ3) is 4.09. The Morgan fingerprint density at radius 3 is 2.65 bits per heavy atom. The summed E-state index contributed by atoms with van der Waals surface area (Å²) in [5, 5.41) is 18.4. The van der Waals surface area contributed by atoms with E-state index in [1.807, 2.05) is 0 Å². The van der Waals surface area contributed by atoms with Crippen molar-refractivity contribution in [3.63, 3.8) is 0 Å². The largest absolute Gasteiger partial charge is 0.386 e. The Labute approximate surface area is 182 Å². The summed E-state index contributed by atoms with van der Waals surface area (Å²) in [4.78, 5) is 3.81. The first kappa shape index (κ1) is 21.2. The lowest BCUT2D eigenvalue weighted by Gasteiger charge is -2.19. The van der Waals surface area contributed by atoms with Gasteiger partial charge >= 0.3 is 0 Å². The van der Waals surface area contributed by atoms with Gasteiger partial charge in [0.2, 0.25) is 5.65 Å². The summed E-state index contributed by atoms with van der Waals surface area (Å²) < 4.78 is 44.2. The Balaban J connectivity index is 1.77. The molecule has 0 amide bonds. The van der Waals surface area contributed by atoms with Gasteiger partial charge in [-0.25, -0.2) is 22.5 Å². The second-order valence-corrected chi connectivity index (χ2v) is 9.43. The normalized spacial score (nSPS) is 12.3. The van der Waals surface area contributed by atoms with Crippen LogP contribution in [0.1, 0.15) is 19.4 Å². The summed E-state index contributed by atoms with van der Waals surface area (Å²) >= 11 is 6.13. The lowest BCUT2D eigenvalue weighted by Crippen LogP contribution is -2.19. The van der Waals surface area contributed by atoms with E-state index in [1.54, 1.807) is 18.3 Å². The number of nitrogens with zero attached hydrogens (tertiary/aromatic N) is 4. The van der Waals surface area contributed by atoms with Gasteiger partial charge in [0.1, 0.15) is 11.3 Å². The van der Waals surface area contributed by atoms with Crippen molar-refractivity contribution in [3.05, 3.63) is 71.1 Å². The smallest absolute Gasteiger partial charge is 0.262 e. The van der Waals surface area contributed by atoms with Crippen LogP contribution in [0.2, 0.25) is 5.02 Å². The number of fused-ring (bicyclic) bond motifs is 1. The van der Waals surface area contributed by atoms with E-state index in [9.17, 15) is 17.9 Å². The zero-order valence-electron chi connectivity index (χ0n) is 16.4. The van der Waals surface area contributed by atoms with Crippen LogP contribution >= 0.6 is 11.6 Å². The fraction of sp³-hybridized carbons (Fsp3) is 0.150. The number of aliphatic hydroxyl groups is 1. The van der Waals surface area contributed by atoms with Crippen LogP contribution in [-0.4, -0.2) is 33.5 Å². The molecule has 0 aliphatic heterocycles. The maximum atomic E-state index is 14.4. The molecule has 11 heteroatoms. The Morgan fingerprint density at radius 2 is 1.94 bits per heavy atom. The highest BCUT2D eigenvalue weighted by molar-refractivity contribution is 7.92. The van der Waals surface area contributed by atoms with Gasteiger partial charge in [0, 0.05) is 16.8 Å². The summed E-state index contributed by atoms with van der Waals surface area (Å²) in [5.41, 5.74) is -0.0653. The Bertz CT molecular complexity index is 1400. The molecular formula is C20H17ClFN5O3S. The molecule has 4 rings (SSSR count). The topological polar surface area (TPSA) is 110 Å². The summed E-state index contributed by atoms with van der Waals surface area (Å²) in [5.74, 6) is -0.833. The Hall–Kier alpha value is -3.08. The zero-order valence-corrected chi connectivity index (χ0v) is 18.0. The molecule has 31 heavy (non-hydrogen) atoms. The van der Waals surface area contributed by atoms with Crippen molar-refractivity contribution in [1.82, 2.24) is 20.0 Å². The molecule has 0 saturated carbocycles. The van der Waals surface area contributed by atoms with Gasteiger partial charge in [-0.05, 0) is 56.3 Å². The van der Waals surface area contributed by atoms with Gasteiger partial charge in [0.05, 0.1) is 21.9 Å². The van der Waals surface area contributed by atoms with Crippen LogP contribution in [0, 0.1) is 5.82 Å². The van der Waals surface area contributed by atoms with Gasteiger partial charge in [-0.2, -0.15) is 0 Å². The molecule has 0 aliphatic rings. The number of aromatic nitrogens is 4. The van der Waals surface area contributed by atoms with E-state index in [0.717, 1.165) is 6.07 Å². The van der Waals surface area contributed by atoms with E-state index >= 15 is 0 Å². The van der Waals surface area contributed by atoms with Gasteiger partial charge in [0.25, 0.3) is 10.0 Å². The predicted molar refractivity (Wildman–Crippen MR) is 114 cm³/mol. The predicted octanol–water partition coefficient (Wildman–Crippen LogP) is 3.64. The van der Waals surface area contributed by atoms with Crippen LogP contribution in [0.25, 0.3) is 16.9 Å². The van der Waals surface area contributed by atoms with Crippen LogP contribution in [0.4, 0.5) is 10.1 Å². The molecule has 0 aliphatic carbocycles. The Kier molecular flexibility index (Phi) is 5.16. The maximum Gasteiger partial charge on any atom is 0.262 e. The number of anilines is 1. The first-order chi connectivity index (χ1) is 14.6. The highest BCUT2D eigenvalue weighted by atomic mass is 35.5. The van der Waals surface area contributed by atoms with E-state index in [2.05, 4.69) is 20.0 Å². The van der Waals surface area contributed by atoms with Gasteiger partial charge in [0.15, 0.2) is 0 Å². The summed E-state index contributed by atoms with van der Waals surface area (Å²) in [6.07, 6.45) is 1.56. The summed E-state index contributed by atoms with van der Waals surface area (Å²) in [7, 11) is -4.17. The van der Waals surface area contributed by atoms with E-state index in [0.29, 0.717) is 21.9 Å². The van der Waals surface area contributed by atoms with Crippen molar-refractivity contribution in [2.45, 2.75) is 24.3 Å². The second-order valence-electron chi connectivity index (χ2n) is 7.32. The zero-order chi connectivity index (χ0) is 22.4. The summed E-state index contributed by atoms with van der Waals surface area (Å²) in [6, 6.07) is 11.3. The lowest BCUT2D eigenvalue weighted by atomic mass is 9.98. The molecule has 0 saturated heterocycles. The third-order valence-corrected chi connectivity index (χ3v) is 6.16. The average molecular weight is 462 g/mol. The van der Waals surface area contributed by atoms with Crippen LogP contribution in [0.5, 0.6) is 0 Å². The highest BCUT2D eigenvalue weighted by Crippen LogP contribution is 2.30. The molecule has 0 unspecified atom stereocenters. The van der Waals surface area contributed by atoms with Crippen LogP contribution in [0.15, 0.2) is 59.6 Å². The van der Waals surface area contributed by atoms with Crippen LogP contribution in [-0.2, 0) is 15.6 Å². The number of benzene rings is 2. The monoisotopic (exact) mass is 461 g/mol. The molecule has 2 heterocycles. The average Bonchev–Trinajstić information content (AvgIpc) is 3.12. The standard InChI is InChI=1S/C20H17ClFN5O3S/c1-20(2,28)14-7-6-13(11-15(14)22)31(29,30)25-16-8-5-12(21)10-18(16)27-17-4-3-9-23-19(17)24-26-27/h3-11,25,28H,1-2H3. The molecule has 0 atom stereocenters. The number of sulfonamides is 1. The summed E-state index contributed by atoms with van der Waals surface area (Å²) in [6.45, 7) is 2.82. The molecule has 0 bridgehead atoms. The molecule has 8 nitrogen and oxygen atoms in total. The fourth-order valence-corrected chi connectivity index (χ4v) is 4.33. The SMILES string of the molecule is CC(C)(O)c1ccc(S(=O)(=O)Nc2ccc(Cl)cc2-n2nnc3ncccc32)cc1F. The van der Waals surface area contributed by atoms with E-state index in [4.69, 9.17) is 11.6 Å². The quantitative estimate of drug-likeness (QED) is 0.469. The van der Waals surface area contributed by atoms with Crippen molar-refractivity contribution in [2.24, 2.45) is 0 Å². The van der Waals surface area contributed by atoms with Gasteiger partial charge < -0.3 is 5.11 Å². The van der Waals surface area contributed by atoms with Crippen molar-refractivity contribution in [3.8, 4) is 5.69 Å². The van der Waals surface area contributed by atoms with E-state index in [-0.39, 0.29) is 16.1 Å². The molecule has 0 radical (unpaired) electrons. The van der Waals surface area contributed by atoms with E-state index < -0.39 is 21.4 Å². The highest BCUT2D eigenvalue weighted by Gasteiger charge is 2.24. The second kappa shape index (κ2) is 7.56. The number of hydrogen-bond donors (Lipinski definition) is 2. The van der Waals surface area contributed by atoms with Crippen LogP contribution in [0.3, 0.4) is 0 Å². The minimum atomic E-state index is -4.17.